The minimum Gasteiger partial charge on any atom is -0.441 e. The second kappa shape index (κ2) is 8.69. The number of carbonyl (C=O) groups is 1. The van der Waals surface area contributed by atoms with Crippen molar-refractivity contribution >= 4 is 15.7 Å². The van der Waals surface area contributed by atoms with Gasteiger partial charge in [-0.15, -0.1) is 0 Å². The van der Waals surface area contributed by atoms with Crippen molar-refractivity contribution in [1.82, 2.24) is 10.3 Å². The number of nitrogens with zero attached hydrogens (tertiary/aromatic N) is 1. The number of aromatic nitrogens is 1. The Bertz CT molecular complexity index is 980. The summed E-state index contributed by atoms with van der Waals surface area (Å²) in [5.41, 5.74) is 2.19. The van der Waals surface area contributed by atoms with E-state index in [0.29, 0.717) is 29.2 Å². The number of sulfone groups is 1. The molecule has 158 valence electrons. The van der Waals surface area contributed by atoms with Gasteiger partial charge in [0.15, 0.2) is 9.84 Å². The highest BCUT2D eigenvalue weighted by molar-refractivity contribution is 7.91. The van der Waals surface area contributed by atoms with E-state index < -0.39 is 21.5 Å². The number of rotatable bonds is 6. The van der Waals surface area contributed by atoms with Crippen molar-refractivity contribution in [1.29, 1.82) is 0 Å². The van der Waals surface area contributed by atoms with Crippen LogP contribution in [0.1, 0.15) is 50.1 Å². The van der Waals surface area contributed by atoms with E-state index in [1.807, 2.05) is 31.2 Å². The molecule has 1 heterocycles. The number of nitrogens with one attached hydrogen (secondary N) is 1. The Morgan fingerprint density at radius 2 is 1.93 bits per heavy atom. The SMILES string of the molecule is Cc1ccccc1-c1nc(CS(=O)(=O)CC(=O)N[C@@H]2CCC[C@@H](C)[C@@H]2C)c(C)o1. The molecule has 6 nitrogen and oxygen atoms in total. The molecule has 0 saturated heterocycles. The van der Waals surface area contributed by atoms with Crippen LogP contribution in [0.15, 0.2) is 28.7 Å². The van der Waals surface area contributed by atoms with Crippen molar-refractivity contribution in [3.05, 3.63) is 41.3 Å². The third-order valence-corrected chi connectivity index (χ3v) is 7.44. The highest BCUT2D eigenvalue weighted by Gasteiger charge is 2.30. The van der Waals surface area contributed by atoms with Crippen LogP contribution >= 0.6 is 0 Å². The van der Waals surface area contributed by atoms with Crippen molar-refractivity contribution < 1.29 is 17.6 Å². The maximum absolute atomic E-state index is 12.6. The van der Waals surface area contributed by atoms with Crippen LogP contribution in [-0.4, -0.2) is 31.1 Å². The molecular weight excluding hydrogens is 388 g/mol. The fraction of sp³-hybridized carbons (Fsp3) is 0.545. The lowest BCUT2D eigenvalue weighted by Gasteiger charge is -2.34. The molecule has 7 heteroatoms. The van der Waals surface area contributed by atoms with E-state index in [4.69, 9.17) is 4.42 Å². The van der Waals surface area contributed by atoms with Crippen molar-refractivity contribution in [2.45, 2.75) is 58.8 Å². The van der Waals surface area contributed by atoms with Gasteiger partial charge < -0.3 is 9.73 Å². The molecule has 3 atom stereocenters. The van der Waals surface area contributed by atoms with Crippen LogP contribution in [0, 0.1) is 25.7 Å². The molecule has 0 bridgehead atoms. The average Bonchev–Trinajstić information content (AvgIpc) is 2.98. The van der Waals surface area contributed by atoms with E-state index in [0.717, 1.165) is 30.4 Å². The first kappa shape index (κ1) is 21.6. The standard InChI is InChI=1S/C22H30N2O4S/c1-14-9-7-11-19(16(14)3)23-21(25)13-29(26,27)12-20-17(4)28-22(24-20)18-10-6-5-8-15(18)2/h5-6,8,10,14,16,19H,7,9,11-13H2,1-4H3,(H,23,25)/t14-,16+,19-/m1/s1. The van der Waals surface area contributed by atoms with Crippen molar-refractivity contribution in [3.8, 4) is 11.5 Å². The summed E-state index contributed by atoms with van der Waals surface area (Å²) in [6, 6.07) is 7.69. The van der Waals surface area contributed by atoms with Crippen molar-refractivity contribution in [2.24, 2.45) is 11.8 Å². The zero-order valence-electron chi connectivity index (χ0n) is 17.6. The zero-order chi connectivity index (χ0) is 21.2. The number of aryl methyl sites for hydroxylation is 2. The minimum atomic E-state index is -3.65. The van der Waals surface area contributed by atoms with E-state index in [1.54, 1.807) is 6.92 Å². The number of hydrogen-bond acceptors (Lipinski definition) is 5. The molecule has 1 saturated carbocycles. The highest BCUT2D eigenvalue weighted by Crippen LogP contribution is 2.29. The summed E-state index contributed by atoms with van der Waals surface area (Å²) < 4.78 is 30.9. The number of amides is 1. The number of benzene rings is 1. The summed E-state index contributed by atoms with van der Waals surface area (Å²) in [4.78, 5) is 16.8. The largest absolute Gasteiger partial charge is 0.441 e. The topological polar surface area (TPSA) is 89.3 Å². The average molecular weight is 419 g/mol. The summed E-state index contributed by atoms with van der Waals surface area (Å²) in [5.74, 6) is 0.473. The number of hydrogen-bond donors (Lipinski definition) is 1. The smallest absolute Gasteiger partial charge is 0.235 e. The van der Waals surface area contributed by atoms with Crippen LogP contribution < -0.4 is 5.32 Å². The van der Waals surface area contributed by atoms with Gasteiger partial charge >= 0.3 is 0 Å². The molecule has 1 N–H and O–H groups in total. The molecule has 1 amide bonds. The second-order valence-corrected chi connectivity index (χ2v) is 10.4. The summed E-state index contributed by atoms with van der Waals surface area (Å²) in [7, 11) is -3.65. The predicted molar refractivity (Wildman–Crippen MR) is 113 cm³/mol. The Morgan fingerprint density at radius 3 is 2.66 bits per heavy atom. The third-order valence-electron chi connectivity index (χ3n) is 6.03. The van der Waals surface area contributed by atoms with Crippen LogP contribution in [0.3, 0.4) is 0 Å². The number of carbonyl (C=O) groups excluding carboxylic acids is 1. The normalized spacial score (nSPS) is 22.4. The first-order valence-corrected chi connectivity index (χ1v) is 12.0. The molecule has 3 rings (SSSR count). The van der Waals surface area contributed by atoms with E-state index in [2.05, 4.69) is 24.1 Å². The van der Waals surface area contributed by atoms with E-state index in [-0.39, 0.29) is 11.8 Å². The number of oxazole rings is 1. The van der Waals surface area contributed by atoms with Crippen molar-refractivity contribution in [3.63, 3.8) is 0 Å². The lowest BCUT2D eigenvalue weighted by molar-refractivity contribution is -0.120. The summed E-state index contributed by atoms with van der Waals surface area (Å²) in [5, 5.41) is 2.93. The van der Waals surface area contributed by atoms with Crippen LogP contribution in [0.4, 0.5) is 0 Å². The van der Waals surface area contributed by atoms with Gasteiger partial charge in [0.2, 0.25) is 11.8 Å². The van der Waals surface area contributed by atoms with Gasteiger partial charge in [0, 0.05) is 11.6 Å². The minimum absolute atomic E-state index is 0.0443. The molecule has 2 aromatic rings. The first-order chi connectivity index (χ1) is 13.7. The van der Waals surface area contributed by atoms with Crippen LogP contribution in [-0.2, 0) is 20.4 Å². The Kier molecular flexibility index (Phi) is 6.46. The van der Waals surface area contributed by atoms with Crippen LogP contribution in [0.2, 0.25) is 0 Å². The maximum Gasteiger partial charge on any atom is 0.235 e. The van der Waals surface area contributed by atoms with E-state index >= 15 is 0 Å². The summed E-state index contributed by atoms with van der Waals surface area (Å²) >= 11 is 0. The van der Waals surface area contributed by atoms with Gasteiger partial charge in [0.05, 0.1) is 11.4 Å². The lowest BCUT2D eigenvalue weighted by atomic mass is 9.78. The van der Waals surface area contributed by atoms with Gasteiger partial charge in [-0.25, -0.2) is 13.4 Å². The molecular formula is C22H30N2O4S. The molecule has 1 aromatic carbocycles. The summed E-state index contributed by atoms with van der Waals surface area (Å²) in [6.07, 6.45) is 3.11. The molecule has 0 unspecified atom stereocenters. The Balaban J connectivity index is 1.67. The quantitative estimate of drug-likeness (QED) is 0.770. The van der Waals surface area contributed by atoms with Gasteiger partial charge in [0.25, 0.3) is 0 Å². The van der Waals surface area contributed by atoms with Gasteiger partial charge in [-0.05, 0) is 43.7 Å². The molecule has 1 aliphatic carbocycles. The third kappa shape index (κ3) is 5.26. The molecule has 0 spiro atoms. The maximum atomic E-state index is 12.6. The highest BCUT2D eigenvalue weighted by atomic mass is 32.2. The van der Waals surface area contributed by atoms with Gasteiger partial charge in [-0.2, -0.15) is 0 Å². The van der Waals surface area contributed by atoms with Crippen LogP contribution in [0.5, 0.6) is 0 Å². The molecule has 29 heavy (non-hydrogen) atoms. The Morgan fingerprint density at radius 1 is 1.21 bits per heavy atom. The van der Waals surface area contributed by atoms with Gasteiger partial charge in [-0.3, -0.25) is 4.79 Å². The van der Waals surface area contributed by atoms with Crippen molar-refractivity contribution in [2.75, 3.05) is 5.75 Å². The molecule has 1 fully saturated rings. The zero-order valence-corrected chi connectivity index (χ0v) is 18.4. The Hall–Kier alpha value is -2.15. The molecule has 1 aliphatic rings. The van der Waals surface area contributed by atoms with Gasteiger partial charge in [-0.1, -0.05) is 44.9 Å². The Labute approximate surface area is 173 Å². The molecule has 1 aromatic heterocycles. The lowest BCUT2D eigenvalue weighted by Crippen LogP contribution is -2.45. The first-order valence-electron chi connectivity index (χ1n) is 10.2. The predicted octanol–water partition coefficient (Wildman–Crippen LogP) is 3.81. The second-order valence-electron chi connectivity index (χ2n) is 8.31. The van der Waals surface area contributed by atoms with Gasteiger partial charge in [0.1, 0.15) is 11.5 Å². The molecule has 0 radical (unpaired) electrons. The van der Waals surface area contributed by atoms with E-state index in [9.17, 15) is 13.2 Å². The fourth-order valence-corrected chi connectivity index (χ4v) is 5.25. The molecule has 0 aliphatic heterocycles. The monoisotopic (exact) mass is 418 g/mol. The van der Waals surface area contributed by atoms with E-state index in [1.165, 1.54) is 0 Å². The fourth-order valence-electron chi connectivity index (χ4n) is 3.98. The van der Waals surface area contributed by atoms with Crippen LogP contribution in [0.25, 0.3) is 11.5 Å². The summed E-state index contributed by atoms with van der Waals surface area (Å²) in [6.45, 7) is 7.95.